The minimum atomic E-state index is -0.894. The van der Waals surface area contributed by atoms with Crippen LogP contribution in [0, 0.1) is 0 Å². The molecule has 1 fully saturated rings. The van der Waals surface area contributed by atoms with Gasteiger partial charge in [-0.05, 0) is 48.4 Å². The number of hydrogen-bond acceptors (Lipinski definition) is 4. The first-order valence-electron chi connectivity index (χ1n) is 8.85. The first-order valence-corrected chi connectivity index (χ1v) is 8.85. The van der Waals surface area contributed by atoms with Gasteiger partial charge in [-0.25, -0.2) is 0 Å². The van der Waals surface area contributed by atoms with Crippen molar-refractivity contribution < 1.29 is 24.2 Å². The summed E-state index contributed by atoms with van der Waals surface area (Å²) in [5, 5.41) is 8.91. The molecule has 6 nitrogen and oxygen atoms in total. The van der Waals surface area contributed by atoms with E-state index >= 15 is 0 Å². The van der Waals surface area contributed by atoms with Gasteiger partial charge in [0.1, 0.15) is 5.75 Å². The number of aryl methyl sites for hydroxylation is 1. The maximum Gasteiger partial charge on any atom is 0.306 e. The summed E-state index contributed by atoms with van der Waals surface area (Å²) in [5.41, 5.74) is 2.52. The Bertz CT molecular complexity index is 645. The van der Waals surface area contributed by atoms with E-state index in [1.165, 1.54) is 11.1 Å². The number of carboxylic acids is 1. The van der Waals surface area contributed by atoms with Crippen LogP contribution in [0.15, 0.2) is 18.2 Å². The van der Waals surface area contributed by atoms with Crippen LogP contribution >= 0.6 is 0 Å². The molecule has 25 heavy (non-hydrogen) atoms. The van der Waals surface area contributed by atoms with E-state index in [4.69, 9.17) is 14.6 Å². The molecule has 1 saturated heterocycles. The zero-order valence-electron chi connectivity index (χ0n) is 14.6. The largest absolute Gasteiger partial charge is 0.497 e. The quantitative estimate of drug-likeness (QED) is 0.884. The molecule has 2 aliphatic rings. The van der Waals surface area contributed by atoms with Crippen molar-refractivity contribution >= 4 is 11.9 Å². The summed E-state index contributed by atoms with van der Waals surface area (Å²) in [6, 6.07) is 6.11. The van der Waals surface area contributed by atoms with Gasteiger partial charge >= 0.3 is 5.97 Å². The SMILES string of the molecule is COc1ccc2c(c1)CCCC2CC(=O)N1CCOC(CC(=O)O)C1. The number of benzene rings is 1. The monoisotopic (exact) mass is 347 g/mol. The van der Waals surface area contributed by atoms with Crippen molar-refractivity contribution in [3.63, 3.8) is 0 Å². The Morgan fingerprint density at radius 3 is 2.96 bits per heavy atom. The molecule has 136 valence electrons. The highest BCUT2D eigenvalue weighted by atomic mass is 16.5. The summed E-state index contributed by atoms with van der Waals surface area (Å²) in [5.74, 6) is 0.278. The van der Waals surface area contributed by atoms with Crippen LogP contribution in [0.3, 0.4) is 0 Å². The number of carbonyl (C=O) groups is 2. The second-order valence-electron chi connectivity index (χ2n) is 6.79. The third-order valence-electron chi connectivity index (χ3n) is 5.10. The molecule has 1 amide bonds. The van der Waals surface area contributed by atoms with Crippen molar-refractivity contribution in [2.24, 2.45) is 0 Å². The van der Waals surface area contributed by atoms with Gasteiger partial charge in [-0.15, -0.1) is 0 Å². The molecule has 2 unspecified atom stereocenters. The maximum absolute atomic E-state index is 12.7. The van der Waals surface area contributed by atoms with E-state index in [-0.39, 0.29) is 18.2 Å². The van der Waals surface area contributed by atoms with Crippen molar-refractivity contribution in [3.05, 3.63) is 29.3 Å². The fourth-order valence-corrected chi connectivity index (χ4v) is 3.83. The molecule has 0 bridgehead atoms. The first-order chi connectivity index (χ1) is 12.1. The fraction of sp³-hybridized carbons (Fsp3) is 0.579. The minimum absolute atomic E-state index is 0.0597. The molecule has 2 atom stereocenters. The average molecular weight is 347 g/mol. The topological polar surface area (TPSA) is 76.1 Å². The molecule has 0 aromatic heterocycles. The van der Waals surface area contributed by atoms with Gasteiger partial charge in [0.25, 0.3) is 0 Å². The van der Waals surface area contributed by atoms with E-state index in [2.05, 4.69) is 12.1 Å². The second kappa shape index (κ2) is 7.87. The van der Waals surface area contributed by atoms with Crippen LogP contribution in [-0.4, -0.2) is 54.8 Å². The molecule has 1 aromatic carbocycles. The molecule has 1 aromatic rings. The molecule has 1 N–H and O–H groups in total. The average Bonchev–Trinajstić information content (AvgIpc) is 2.61. The Morgan fingerprint density at radius 1 is 1.36 bits per heavy atom. The van der Waals surface area contributed by atoms with Crippen molar-refractivity contribution in [3.8, 4) is 5.75 Å². The van der Waals surface area contributed by atoms with Gasteiger partial charge in [-0.1, -0.05) is 6.07 Å². The molecule has 1 heterocycles. The lowest BCUT2D eigenvalue weighted by atomic mass is 9.80. The summed E-state index contributed by atoms with van der Waals surface area (Å²) in [6.07, 6.45) is 3.11. The Hall–Kier alpha value is -2.08. The number of nitrogens with zero attached hydrogens (tertiary/aromatic N) is 1. The highest BCUT2D eigenvalue weighted by molar-refractivity contribution is 5.77. The third-order valence-corrected chi connectivity index (χ3v) is 5.10. The Morgan fingerprint density at radius 2 is 2.20 bits per heavy atom. The number of methoxy groups -OCH3 is 1. The number of carboxylic acid groups (broad SMARTS) is 1. The van der Waals surface area contributed by atoms with E-state index in [0.717, 1.165) is 25.0 Å². The Balaban J connectivity index is 1.65. The molecule has 0 radical (unpaired) electrons. The highest BCUT2D eigenvalue weighted by Crippen LogP contribution is 2.36. The molecule has 6 heteroatoms. The second-order valence-corrected chi connectivity index (χ2v) is 6.79. The van der Waals surface area contributed by atoms with Crippen LogP contribution < -0.4 is 4.74 Å². The van der Waals surface area contributed by atoms with Crippen LogP contribution in [0.5, 0.6) is 5.75 Å². The maximum atomic E-state index is 12.7. The van der Waals surface area contributed by atoms with Crippen molar-refractivity contribution in [1.82, 2.24) is 4.90 Å². The van der Waals surface area contributed by atoms with Gasteiger partial charge in [0.2, 0.25) is 5.91 Å². The van der Waals surface area contributed by atoms with Gasteiger partial charge in [0.05, 0.1) is 26.2 Å². The van der Waals surface area contributed by atoms with E-state index in [1.807, 2.05) is 6.07 Å². The zero-order valence-corrected chi connectivity index (χ0v) is 14.6. The molecule has 0 spiro atoms. The van der Waals surface area contributed by atoms with E-state index in [1.54, 1.807) is 12.0 Å². The van der Waals surface area contributed by atoms with Crippen molar-refractivity contribution in [1.29, 1.82) is 0 Å². The predicted molar refractivity (Wildman–Crippen MR) is 91.9 cm³/mol. The Kier molecular flexibility index (Phi) is 5.58. The van der Waals surface area contributed by atoms with Crippen molar-refractivity contribution in [2.75, 3.05) is 26.8 Å². The summed E-state index contributed by atoms with van der Waals surface area (Å²) in [6.45, 7) is 1.31. The number of fused-ring (bicyclic) bond motifs is 1. The van der Waals surface area contributed by atoms with Gasteiger partial charge in [-0.3, -0.25) is 9.59 Å². The summed E-state index contributed by atoms with van der Waals surface area (Å²) in [7, 11) is 1.66. The predicted octanol–water partition coefficient (Wildman–Crippen LogP) is 2.21. The lowest BCUT2D eigenvalue weighted by Crippen LogP contribution is -2.46. The number of ether oxygens (including phenoxy) is 2. The Labute approximate surface area is 147 Å². The van der Waals surface area contributed by atoms with Gasteiger partial charge in [0, 0.05) is 19.5 Å². The zero-order chi connectivity index (χ0) is 17.8. The fourth-order valence-electron chi connectivity index (χ4n) is 3.83. The van der Waals surface area contributed by atoms with Crippen LogP contribution in [0.1, 0.15) is 42.7 Å². The number of aliphatic carboxylic acids is 1. The molecule has 3 rings (SSSR count). The standard InChI is InChI=1S/C19H25NO5/c1-24-15-5-6-17-13(9-15)3-2-4-14(17)10-18(21)20-7-8-25-16(12-20)11-19(22)23/h5-6,9,14,16H,2-4,7-8,10-12H2,1H3,(H,22,23). The van der Waals surface area contributed by atoms with E-state index < -0.39 is 12.1 Å². The molecular formula is C19H25NO5. The first kappa shape index (κ1) is 17.7. The number of carbonyl (C=O) groups excluding carboxylic acids is 1. The number of rotatable bonds is 5. The normalized spacial score (nSPS) is 23.0. The number of hydrogen-bond donors (Lipinski definition) is 1. The molecule has 1 aliphatic carbocycles. The van der Waals surface area contributed by atoms with E-state index in [0.29, 0.717) is 26.1 Å². The van der Waals surface area contributed by atoms with Gasteiger partial charge in [-0.2, -0.15) is 0 Å². The van der Waals surface area contributed by atoms with Crippen LogP contribution in [-0.2, 0) is 20.7 Å². The lowest BCUT2D eigenvalue weighted by Gasteiger charge is -2.34. The van der Waals surface area contributed by atoms with Crippen LogP contribution in [0.25, 0.3) is 0 Å². The summed E-state index contributed by atoms with van der Waals surface area (Å²) >= 11 is 0. The van der Waals surface area contributed by atoms with Gasteiger partial charge in [0.15, 0.2) is 0 Å². The smallest absolute Gasteiger partial charge is 0.306 e. The van der Waals surface area contributed by atoms with Gasteiger partial charge < -0.3 is 19.5 Å². The molecular weight excluding hydrogens is 322 g/mol. The molecule has 0 saturated carbocycles. The van der Waals surface area contributed by atoms with Crippen LogP contribution in [0.2, 0.25) is 0 Å². The van der Waals surface area contributed by atoms with Crippen LogP contribution in [0.4, 0.5) is 0 Å². The van der Waals surface area contributed by atoms with E-state index in [9.17, 15) is 9.59 Å². The third kappa shape index (κ3) is 4.31. The summed E-state index contributed by atoms with van der Waals surface area (Å²) in [4.78, 5) is 25.3. The highest BCUT2D eigenvalue weighted by Gasteiger charge is 2.29. The lowest BCUT2D eigenvalue weighted by molar-refractivity contribution is -0.147. The van der Waals surface area contributed by atoms with Crippen molar-refractivity contribution in [2.45, 2.75) is 44.1 Å². The minimum Gasteiger partial charge on any atom is -0.497 e. The number of morpholine rings is 1. The molecule has 1 aliphatic heterocycles. The summed E-state index contributed by atoms with van der Waals surface area (Å²) < 4.78 is 10.8. The number of amides is 1.